The van der Waals surface area contributed by atoms with Gasteiger partial charge in [-0.05, 0) is 43.2 Å². The standard InChI is InChI=1S/C20H23N3O2/c1-3-4-5-6-12-25-17-9-7-8-16(13-17)14-22-20(24)18-11-10-15(2)23-19(18)21/h7-11,13H,3-4,12,14H2,1-2H3,(H2,21,23)(H,22,24). The number of benzene rings is 1. The normalized spacial score (nSPS) is 9.84. The van der Waals surface area contributed by atoms with Gasteiger partial charge in [-0.3, -0.25) is 4.79 Å². The lowest BCUT2D eigenvalue weighted by molar-refractivity contribution is 0.0951. The van der Waals surface area contributed by atoms with Crippen LogP contribution in [0.25, 0.3) is 0 Å². The molecule has 25 heavy (non-hydrogen) atoms. The van der Waals surface area contributed by atoms with Crippen LogP contribution in [0.15, 0.2) is 36.4 Å². The highest BCUT2D eigenvalue weighted by molar-refractivity contribution is 5.98. The Kier molecular flexibility index (Phi) is 6.85. The lowest BCUT2D eigenvalue weighted by atomic mass is 10.2. The van der Waals surface area contributed by atoms with Crippen molar-refractivity contribution in [3.63, 3.8) is 0 Å². The van der Waals surface area contributed by atoms with E-state index in [1.807, 2.05) is 31.2 Å². The molecular formula is C20H23N3O2. The second-order valence-corrected chi connectivity index (χ2v) is 5.61. The molecule has 0 fully saturated rings. The number of aryl methyl sites for hydroxylation is 1. The highest BCUT2D eigenvalue weighted by Gasteiger charge is 2.10. The third kappa shape index (κ3) is 5.85. The summed E-state index contributed by atoms with van der Waals surface area (Å²) in [6.07, 6.45) is 1.93. The maximum Gasteiger partial charge on any atom is 0.255 e. The summed E-state index contributed by atoms with van der Waals surface area (Å²) in [7, 11) is 0. The molecule has 1 aromatic heterocycles. The maximum atomic E-state index is 12.2. The molecule has 0 aliphatic heterocycles. The van der Waals surface area contributed by atoms with Crippen LogP contribution in [0.4, 0.5) is 5.82 Å². The molecule has 3 N–H and O–H groups in total. The zero-order chi connectivity index (χ0) is 18.1. The van der Waals surface area contributed by atoms with Gasteiger partial charge in [-0.1, -0.05) is 30.9 Å². The van der Waals surface area contributed by atoms with Crippen molar-refractivity contribution in [2.45, 2.75) is 33.2 Å². The molecule has 2 aromatic rings. The van der Waals surface area contributed by atoms with Gasteiger partial charge < -0.3 is 15.8 Å². The van der Waals surface area contributed by atoms with Crippen LogP contribution in [0.3, 0.4) is 0 Å². The Morgan fingerprint density at radius 2 is 2.12 bits per heavy atom. The number of unbranched alkanes of at least 4 members (excludes halogenated alkanes) is 1. The van der Waals surface area contributed by atoms with Crippen LogP contribution in [0.1, 0.15) is 41.4 Å². The van der Waals surface area contributed by atoms with Gasteiger partial charge in [-0.2, -0.15) is 0 Å². The number of pyridine rings is 1. The van der Waals surface area contributed by atoms with Crippen LogP contribution >= 0.6 is 0 Å². The number of nitrogens with zero attached hydrogens (tertiary/aromatic N) is 1. The number of nitrogen functional groups attached to an aromatic ring is 1. The van der Waals surface area contributed by atoms with Gasteiger partial charge in [-0.15, -0.1) is 0 Å². The summed E-state index contributed by atoms with van der Waals surface area (Å²) in [5.41, 5.74) is 7.89. The van der Waals surface area contributed by atoms with E-state index in [0.29, 0.717) is 18.7 Å². The summed E-state index contributed by atoms with van der Waals surface area (Å²) < 4.78 is 5.60. The summed E-state index contributed by atoms with van der Waals surface area (Å²) >= 11 is 0. The van der Waals surface area contributed by atoms with Crippen molar-refractivity contribution < 1.29 is 9.53 Å². The largest absolute Gasteiger partial charge is 0.481 e. The second-order valence-electron chi connectivity index (χ2n) is 5.61. The van der Waals surface area contributed by atoms with Crippen molar-refractivity contribution in [3.8, 4) is 17.6 Å². The Labute approximate surface area is 148 Å². The van der Waals surface area contributed by atoms with E-state index in [9.17, 15) is 4.79 Å². The fraction of sp³-hybridized carbons (Fsp3) is 0.300. The Morgan fingerprint density at radius 1 is 1.28 bits per heavy atom. The number of anilines is 1. The zero-order valence-corrected chi connectivity index (χ0v) is 14.6. The minimum atomic E-state index is -0.248. The number of rotatable bonds is 6. The molecule has 1 aromatic carbocycles. The summed E-state index contributed by atoms with van der Waals surface area (Å²) in [4.78, 5) is 16.3. The van der Waals surface area contributed by atoms with Crippen molar-refractivity contribution in [2.24, 2.45) is 0 Å². The van der Waals surface area contributed by atoms with Gasteiger partial charge in [-0.25, -0.2) is 4.98 Å². The third-order valence-electron chi connectivity index (χ3n) is 3.47. The van der Waals surface area contributed by atoms with Gasteiger partial charge >= 0.3 is 0 Å². The average Bonchev–Trinajstić information content (AvgIpc) is 2.60. The minimum absolute atomic E-state index is 0.236. The Morgan fingerprint density at radius 3 is 2.88 bits per heavy atom. The van der Waals surface area contributed by atoms with Gasteiger partial charge in [0.05, 0.1) is 5.56 Å². The zero-order valence-electron chi connectivity index (χ0n) is 14.6. The van der Waals surface area contributed by atoms with E-state index in [-0.39, 0.29) is 11.7 Å². The molecule has 0 atom stereocenters. The molecule has 0 aliphatic carbocycles. The number of hydrogen-bond acceptors (Lipinski definition) is 4. The molecule has 0 bridgehead atoms. The molecule has 0 saturated carbocycles. The number of carbonyl (C=O) groups is 1. The Bertz CT molecular complexity index is 791. The number of ether oxygens (including phenoxy) is 1. The number of carbonyl (C=O) groups excluding carboxylic acids is 1. The Hall–Kier alpha value is -3.00. The second kappa shape index (κ2) is 9.33. The van der Waals surface area contributed by atoms with E-state index in [0.717, 1.165) is 29.8 Å². The van der Waals surface area contributed by atoms with Gasteiger partial charge in [0.25, 0.3) is 5.91 Å². The lowest BCUT2D eigenvalue weighted by Crippen LogP contribution is -2.24. The van der Waals surface area contributed by atoms with E-state index in [4.69, 9.17) is 10.5 Å². The molecule has 0 spiro atoms. The van der Waals surface area contributed by atoms with E-state index in [1.165, 1.54) is 0 Å². The smallest absolute Gasteiger partial charge is 0.255 e. The molecular weight excluding hydrogens is 314 g/mol. The van der Waals surface area contributed by atoms with Crippen molar-refractivity contribution >= 4 is 11.7 Å². The number of amides is 1. The van der Waals surface area contributed by atoms with Crippen LogP contribution < -0.4 is 15.8 Å². The molecule has 130 valence electrons. The van der Waals surface area contributed by atoms with Crippen LogP contribution in [0, 0.1) is 18.8 Å². The molecule has 0 radical (unpaired) electrons. The summed E-state index contributed by atoms with van der Waals surface area (Å²) in [6, 6.07) is 11.0. The molecule has 5 heteroatoms. The first-order chi connectivity index (χ1) is 12.1. The average molecular weight is 337 g/mol. The van der Waals surface area contributed by atoms with Crippen molar-refractivity contribution in [1.29, 1.82) is 0 Å². The monoisotopic (exact) mass is 337 g/mol. The van der Waals surface area contributed by atoms with E-state index >= 15 is 0 Å². The molecule has 1 heterocycles. The van der Waals surface area contributed by atoms with Crippen LogP contribution in [-0.4, -0.2) is 17.5 Å². The summed E-state index contributed by atoms with van der Waals surface area (Å²) in [5, 5.41) is 2.84. The first kappa shape index (κ1) is 18.3. The predicted octanol–water partition coefficient (Wildman–Crippen LogP) is 3.08. The quantitative estimate of drug-likeness (QED) is 0.794. The van der Waals surface area contributed by atoms with Crippen molar-refractivity contribution in [3.05, 3.63) is 53.2 Å². The van der Waals surface area contributed by atoms with Gasteiger partial charge in [0.15, 0.2) is 0 Å². The Balaban J connectivity index is 1.91. The van der Waals surface area contributed by atoms with Gasteiger partial charge in [0, 0.05) is 18.7 Å². The SMILES string of the molecule is CCCC#CCOc1cccc(CNC(=O)c2ccc(C)nc2N)c1. The maximum absolute atomic E-state index is 12.2. The topological polar surface area (TPSA) is 77.2 Å². The van der Waals surface area contributed by atoms with Crippen molar-refractivity contribution in [2.75, 3.05) is 12.3 Å². The van der Waals surface area contributed by atoms with E-state index < -0.39 is 0 Å². The number of aromatic nitrogens is 1. The highest BCUT2D eigenvalue weighted by Crippen LogP contribution is 2.14. The molecule has 0 unspecified atom stereocenters. The van der Waals surface area contributed by atoms with Crippen LogP contribution in [-0.2, 0) is 6.54 Å². The summed E-state index contributed by atoms with van der Waals surface area (Å²) in [5.74, 6) is 6.73. The third-order valence-corrected chi connectivity index (χ3v) is 3.47. The molecule has 2 rings (SSSR count). The number of nitrogens with one attached hydrogen (secondary N) is 1. The van der Waals surface area contributed by atoms with Crippen LogP contribution in [0.5, 0.6) is 5.75 Å². The van der Waals surface area contributed by atoms with E-state index in [2.05, 4.69) is 29.1 Å². The fourth-order valence-electron chi connectivity index (χ4n) is 2.18. The number of hydrogen-bond donors (Lipinski definition) is 2. The molecule has 0 saturated heterocycles. The van der Waals surface area contributed by atoms with Crippen LogP contribution in [0.2, 0.25) is 0 Å². The number of nitrogens with two attached hydrogens (primary N) is 1. The minimum Gasteiger partial charge on any atom is -0.481 e. The lowest BCUT2D eigenvalue weighted by Gasteiger charge is -2.09. The highest BCUT2D eigenvalue weighted by atomic mass is 16.5. The molecule has 1 amide bonds. The molecule has 0 aliphatic rings. The van der Waals surface area contributed by atoms with Crippen molar-refractivity contribution in [1.82, 2.24) is 10.3 Å². The van der Waals surface area contributed by atoms with E-state index in [1.54, 1.807) is 12.1 Å². The first-order valence-electron chi connectivity index (χ1n) is 8.29. The van der Waals surface area contributed by atoms with Gasteiger partial charge in [0.2, 0.25) is 0 Å². The molecule has 5 nitrogen and oxygen atoms in total. The predicted molar refractivity (Wildman–Crippen MR) is 99.2 cm³/mol. The van der Waals surface area contributed by atoms with Gasteiger partial charge in [0.1, 0.15) is 18.2 Å². The first-order valence-corrected chi connectivity index (χ1v) is 8.29. The fourth-order valence-corrected chi connectivity index (χ4v) is 2.18. The summed E-state index contributed by atoms with van der Waals surface area (Å²) in [6.45, 7) is 4.66.